The summed E-state index contributed by atoms with van der Waals surface area (Å²) in [6, 6.07) is 4.25. The van der Waals surface area contributed by atoms with Crippen molar-refractivity contribution in [1.29, 1.82) is 0 Å². The summed E-state index contributed by atoms with van der Waals surface area (Å²) in [6.07, 6.45) is 4.25. The SMILES string of the molecule is COc1cc2c(cc1OC)CCN(c1nnc(C3CCN(C)CC3)n1C)CC2. The smallest absolute Gasteiger partial charge is 0.226 e. The maximum absolute atomic E-state index is 5.48. The summed E-state index contributed by atoms with van der Waals surface area (Å²) in [5, 5.41) is 9.17. The van der Waals surface area contributed by atoms with Gasteiger partial charge in [-0.1, -0.05) is 0 Å². The molecule has 2 aromatic rings. The van der Waals surface area contributed by atoms with Gasteiger partial charge in [-0.25, -0.2) is 0 Å². The molecule has 0 radical (unpaired) electrons. The number of aromatic nitrogens is 3. The van der Waals surface area contributed by atoms with Crippen LogP contribution in [0.3, 0.4) is 0 Å². The first-order chi connectivity index (χ1) is 13.6. The Labute approximate surface area is 167 Å². The van der Waals surface area contributed by atoms with Crippen molar-refractivity contribution in [3.63, 3.8) is 0 Å². The predicted molar refractivity (Wildman–Crippen MR) is 110 cm³/mol. The van der Waals surface area contributed by atoms with Crippen molar-refractivity contribution < 1.29 is 9.47 Å². The molecule has 1 fully saturated rings. The number of rotatable bonds is 4. The van der Waals surface area contributed by atoms with Gasteiger partial charge in [0, 0.05) is 26.1 Å². The Bertz CT molecular complexity index is 791. The first kappa shape index (κ1) is 19.1. The highest BCUT2D eigenvalue weighted by molar-refractivity contribution is 5.49. The summed E-state index contributed by atoms with van der Waals surface area (Å²) in [4.78, 5) is 4.76. The topological polar surface area (TPSA) is 55.7 Å². The van der Waals surface area contributed by atoms with Crippen molar-refractivity contribution in [2.24, 2.45) is 7.05 Å². The molecule has 0 spiro atoms. The van der Waals surface area contributed by atoms with Gasteiger partial charge in [-0.2, -0.15) is 0 Å². The maximum Gasteiger partial charge on any atom is 0.226 e. The van der Waals surface area contributed by atoms with Crippen molar-refractivity contribution in [3.8, 4) is 11.5 Å². The Kier molecular flexibility index (Phi) is 5.44. The third-order valence-corrected chi connectivity index (χ3v) is 6.26. The molecule has 4 rings (SSSR count). The molecule has 0 N–H and O–H groups in total. The van der Waals surface area contributed by atoms with Crippen LogP contribution in [0.25, 0.3) is 0 Å². The van der Waals surface area contributed by atoms with Gasteiger partial charge in [0.05, 0.1) is 14.2 Å². The van der Waals surface area contributed by atoms with E-state index in [2.05, 4.69) is 50.8 Å². The van der Waals surface area contributed by atoms with Gasteiger partial charge in [0.1, 0.15) is 5.82 Å². The van der Waals surface area contributed by atoms with E-state index in [-0.39, 0.29) is 0 Å². The Hall–Kier alpha value is -2.28. The fourth-order valence-electron chi connectivity index (χ4n) is 4.48. The van der Waals surface area contributed by atoms with Crippen molar-refractivity contribution in [2.75, 3.05) is 52.3 Å². The van der Waals surface area contributed by atoms with E-state index in [0.29, 0.717) is 5.92 Å². The zero-order valence-corrected chi connectivity index (χ0v) is 17.4. The van der Waals surface area contributed by atoms with Gasteiger partial charge in [-0.3, -0.25) is 0 Å². The van der Waals surface area contributed by atoms with Gasteiger partial charge in [0.15, 0.2) is 11.5 Å². The van der Waals surface area contributed by atoms with E-state index in [1.807, 2.05) is 0 Å². The summed E-state index contributed by atoms with van der Waals surface area (Å²) >= 11 is 0. The number of hydrogen-bond donors (Lipinski definition) is 0. The first-order valence-electron chi connectivity index (χ1n) is 10.2. The summed E-state index contributed by atoms with van der Waals surface area (Å²) in [5.41, 5.74) is 2.66. The number of piperidine rings is 1. The van der Waals surface area contributed by atoms with Crippen LogP contribution in [0.15, 0.2) is 12.1 Å². The molecule has 1 aromatic heterocycles. The third kappa shape index (κ3) is 3.55. The molecule has 2 aliphatic rings. The molecule has 1 aromatic carbocycles. The van der Waals surface area contributed by atoms with Crippen LogP contribution in [-0.4, -0.2) is 67.1 Å². The highest BCUT2D eigenvalue weighted by Gasteiger charge is 2.26. The molecule has 152 valence electrons. The third-order valence-electron chi connectivity index (χ3n) is 6.26. The number of benzene rings is 1. The molecule has 2 aliphatic heterocycles. The molecule has 0 saturated carbocycles. The number of hydrogen-bond acceptors (Lipinski definition) is 6. The average Bonchev–Trinajstić information content (AvgIpc) is 2.97. The molecular formula is C21H31N5O2. The van der Waals surface area contributed by atoms with Crippen molar-refractivity contribution in [2.45, 2.75) is 31.6 Å². The summed E-state index contributed by atoms with van der Waals surface area (Å²) in [6.45, 7) is 4.13. The number of likely N-dealkylation sites (tertiary alicyclic amines) is 1. The highest BCUT2D eigenvalue weighted by atomic mass is 16.5. The molecule has 0 atom stereocenters. The second kappa shape index (κ2) is 7.99. The van der Waals surface area contributed by atoms with Crippen LogP contribution >= 0.6 is 0 Å². The van der Waals surface area contributed by atoms with Crippen LogP contribution in [0.4, 0.5) is 5.95 Å². The normalized spacial score (nSPS) is 18.6. The fraction of sp³-hybridized carbons (Fsp3) is 0.619. The number of fused-ring (bicyclic) bond motifs is 1. The van der Waals surface area contributed by atoms with Gasteiger partial charge in [-0.05, 0) is 69.1 Å². The number of methoxy groups -OCH3 is 2. The minimum Gasteiger partial charge on any atom is -0.493 e. The zero-order valence-electron chi connectivity index (χ0n) is 17.4. The fourth-order valence-corrected chi connectivity index (χ4v) is 4.48. The van der Waals surface area contributed by atoms with Crippen molar-refractivity contribution in [3.05, 3.63) is 29.1 Å². The Morgan fingerprint density at radius 3 is 1.96 bits per heavy atom. The van der Waals surface area contributed by atoms with Gasteiger partial charge in [-0.15, -0.1) is 10.2 Å². The van der Waals surface area contributed by atoms with Gasteiger partial charge >= 0.3 is 0 Å². The number of anilines is 1. The lowest BCUT2D eigenvalue weighted by atomic mass is 9.96. The molecule has 0 amide bonds. The largest absolute Gasteiger partial charge is 0.493 e. The predicted octanol–water partition coefficient (Wildman–Crippen LogP) is 2.25. The van der Waals surface area contributed by atoms with Gasteiger partial charge < -0.3 is 23.8 Å². The summed E-state index contributed by atoms with van der Waals surface area (Å²) in [7, 11) is 7.69. The molecule has 28 heavy (non-hydrogen) atoms. The van der Waals surface area contributed by atoms with E-state index in [9.17, 15) is 0 Å². The van der Waals surface area contributed by atoms with Crippen LogP contribution in [0.5, 0.6) is 11.5 Å². The number of nitrogens with zero attached hydrogens (tertiary/aromatic N) is 5. The van der Waals surface area contributed by atoms with Gasteiger partial charge in [0.2, 0.25) is 5.95 Å². The first-order valence-corrected chi connectivity index (χ1v) is 10.2. The molecular weight excluding hydrogens is 354 g/mol. The van der Waals surface area contributed by atoms with Gasteiger partial charge in [0.25, 0.3) is 0 Å². The van der Waals surface area contributed by atoms with Crippen LogP contribution in [0, 0.1) is 0 Å². The number of ether oxygens (including phenoxy) is 2. The molecule has 3 heterocycles. The molecule has 0 unspecified atom stereocenters. The average molecular weight is 386 g/mol. The van der Waals surface area contributed by atoms with E-state index < -0.39 is 0 Å². The van der Waals surface area contributed by atoms with E-state index in [1.165, 1.54) is 11.1 Å². The van der Waals surface area contributed by atoms with Crippen molar-refractivity contribution >= 4 is 5.95 Å². The molecule has 7 nitrogen and oxygen atoms in total. The van der Waals surface area contributed by atoms with E-state index in [1.54, 1.807) is 14.2 Å². The Morgan fingerprint density at radius 2 is 1.43 bits per heavy atom. The maximum atomic E-state index is 5.48. The van der Waals surface area contributed by atoms with E-state index in [4.69, 9.17) is 9.47 Å². The molecule has 1 saturated heterocycles. The monoisotopic (exact) mass is 385 g/mol. The second-order valence-corrected chi connectivity index (χ2v) is 7.96. The molecule has 0 bridgehead atoms. The van der Waals surface area contributed by atoms with E-state index in [0.717, 1.165) is 75.1 Å². The minimum atomic E-state index is 0.514. The summed E-state index contributed by atoms with van der Waals surface area (Å²) in [5.74, 6) is 4.24. The molecule has 0 aliphatic carbocycles. The molecule has 7 heteroatoms. The minimum absolute atomic E-state index is 0.514. The Morgan fingerprint density at radius 1 is 0.857 bits per heavy atom. The van der Waals surface area contributed by atoms with E-state index >= 15 is 0 Å². The van der Waals surface area contributed by atoms with Crippen LogP contribution in [0.2, 0.25) is 0 Å². The standard InChI is InChI=1S/C21H31N5O2/c1-24-9-5-15(6-10-24)20-22-23-21(25(20)2)26-11-7-16-13-18(27-3)19(28-4)14-17(16)8-12-26/h13-15H,5-12H2,1-4H3. The zero-order chi connectivity index (χ0) is 19.7. The second-order valence-electron chi connectivity index (χ2n) is 7.96. The Balaban J connectivity index is 1.52. The van der Waals surface area contributed by atoms with Crippen LogP contribution < -0.4 is 14.4 Å². The lowest BCUT2D eigenvalue weighted by Crippen LogP contribution is -2.31. The quantitative estimate of drug-likeness (QED) is 0.805. The van der Waals surface area contributed by atoms with Crippen molar-refractivity contribution in [1.82, 2.24) is 19.7 Å². The highest BCUT2D eigenvalue weighted by Crippen LogP contribution is 2.33. The van der Waals surface area contributed by atoms with Crippen LogP contribution in [-0.2, 0) is 19.9 Å². The lowest BCUT2D eigenvalue weighted by Gasteiger charge is -2.28. The summed E-state index contributed by atoms with van der Waals surface area (Å²) < 4.78 is 13.2. The lowest BCUT2D eigenvalue weighted by molar-refractivity contribution is 0.249. The van der Waals surface area contributed by atoms with Crippen LogP contribution in [0.1, 0.15) is 35.7 Å².